The number of nitrogens with one attached hydrogen (secondary N) is 2. The van der Waals surface area contributed by atoms with Gasteiger partial charge in [0.1, 0.15) is 0 Å². The van der Waals surface area contributed by atoms with Crippen LogP contribution in [-0.4, -0.2) is 17.7 Å². The van der Waals surface area contributed by atoms with Crippen molar-refractivity contribution in [3.8, 4) is 0 Å². The van der Waals surface area contributed by atoms with Crippen LogP contribution in [0.2, 0.25) is 0 Å². The molecule has 0 bridgehead atoms. The van der Waals surface area contributed by atoms with Crippen molar-refractivity contribution in [3.63, 3.8) is 0 Å². The van der Waals surface area contributed by atoms with Crippen LogP contribution < -0.4 is 22.1 Å². The van der Waals surface area contributed by atoms with E-state index >= 15 is 0 Å². The molecule has 0 radical (unpaired) electrons. The minimum Gasteiger partial charge on any atom is -0.398 e. The molecule has 0 aromatic heterocycles. The highest BCUT2D eigenvalue weighted by atomic mass is 16.2. The third-order valence-corrected chi connectivity index (χ3v) is 5.25. The highest BCUT2D eigenvalue weighted by Crippen LogP contribution is 2.33. The second-order valence-electron chi connectivity index (χ2n) is 7.53. The largest absolute Gasteiger partial charge is 0.398 e. The van der Waals surface area contributed by atoms with E-state index in [1.54, 1.807) is 24.3 Å². The molecule has 0 saturated heterocycles. The molecule has 34 heavy (non-hydrogen) atoms. The summed E-state index contributed by atoms with van der Waals surface area (Å²) in [5.74, 6) is -1.21. The second kappa shape index (κ2) is 9.70. The van der Waals surface area contributed by atoms with E-state index in [0.29, 0.717) is 16.8 Å². The molecule has 168 valence electrons. The molecule has 1 aliphatic rings. The molecule has 7 nitrogen and oxygen atoms in total. The summed E-state index contributed by atoms with van der Waals surface area (Å²) in [7, 11) is 0. The second-order valence-corrected chi connectivity index (χ2v) is 7.53. The Morgan fingerprint density at radius 1 is 0.765 bits per heavy atom. The van der Waals surface area contributed by atoms with Crippen molar-refractivity contribution in [1.82, 2.24) is 5.32 Å². The number of amides is 3. The molecule has 1 aliphatic heterocycles. The number of rotatable bonds is 4. The lowest BCUT2D eigenvalue weighted by Gasteiger charge is -2.13. The van der Waals surface area contributed by atoms with Crippen LogP contribution in [0.5, 0.6) is 0 Å². The predicted octanol–water partition coefficient (Wildman–Crippen LogP) is 3.99. The molecule has 0 saturated carbocycles. The molecule has 0 aliphatic carbocycles. The smallest absolute Gasteiger partial charge is 0.258 e. The summed E-state index contributed by atoms with van der Waals surface area (Å²) in [5, 5.41) is 7.61. The highest BCUT2D eigenvalue weighted by Gasteiger charge is 2.23. The van der Waals surface area contributed by atoms with E-state index in [1.807, 2.05) is 66.7 Å². The number of carbonyl (C=O) groups excluding carboxylic acids is 3. The topological polar surface area (TPSA) is 127 Å². The van der Waals surface area contributed by atoms with Gasteiger partial charge in [-0.25, -0.2) is 0 Å². The van der Waals surface area contributed by atoms with Crippen molar-refractivity contribution in [2.45, 2.75) is 0 Å². The normalized spacial score (nSPS) is 12.4. The zero-order valence-corrected chi connectivity index (χ0v) is 18.1. The lowest BCUT2D eigenvalue weighted by molar-refractivity contribution is -0.123. The Kier molecular flexibility index (Phi) is 6.36. The Labute approximate surface area is 196 Å². The number of nitrogen functional groups attached to an aromatic ring is 1. The van der Waals surface area contributed by atoms with Gasteiger partial charge in [-0.05, 0) is 41.3 Å². The van der Waals surface area contributed by atoms with Gasteiger partial charge < -0.3 is 16.8 Å². The van der Waals surface area contributed by atoms with Crippen molar-refractivity contribution in [1.29, 1.82) is 0 Å². The molecular formula is C27H22N4O3. The predicted molar refractivity (Wildman–Crippen MR) is 134 cm³/mol. The van der Waals surface area contributed by atoms with E-state index in [2.05, 4.69) is 10.6 Å². The number of fused-ring (bicyclic) bond motifs is 1. The summed E-state index contributed by atoms with van der Waals surface area (Å²) in [6.45, 7) is 0. The lowest BCUT2D eigenvalue weighted by atomic mass is 9.97. The number of para-hydroxylation sites is 2. The standard InChI is InChI=1S/C20H14N2O2.C7H8N2O/c23-19-12-17(20(24)22-19)15-10-11-18(16-9-5-4-8-14(15)16)21-13-6-2-1-3-7-13;8-6-4-2-1-3-5(6)7(9)10/h1-12,21H,(H,22,23,24);1-4H,8H2,(H2,9,10). The maximum Gasteiger partial charge on any atom is 0.258 e. The maximum absolute atomic E-state index is 12.0. The van der Waals surface area contributed by atoms with Crippen LogP contribution in [-0.2, 0) is 9.59 Å². The minimum absolute atomic E-state index is 0.353. The summed E-state index contributed by atoms with van der Waals surface area (Å²) in [6.07, 6.45) is 1.36. The fraction of sp³-hybridized carbons (Fsp3) is 0. The summed E-state index contributed by atoms with van der Waals surface area (Å²) in [4.78, 5) is 34.0. The fourth-order valence-electron chi connectivity index (χ4n) is 3.65. The number of carbonyl (C=O) groups is 3. The van der Waals surface area contributed by atoms with Crippen LogP contribution in [0, 0.1) is 0 Å². The first-order chi connectivity index (χ1) is 16.4. The Balaban J connectivity index is 0.000000231. The molecule has 0 spiro atoms. The SMILES string of the molecule is NC(=O)c1ccccc1N.O=C1C=C(c2ccc(Nc3ccccc3)c3ccccc23)C(=O)N1. The first kappa shape index (κ1) is 22.3. The Bertz CT molecular complexity index is 1430. The number of anilines is 3. The maximum atomic E-state index is 12.0. The number of primary amides is 1. The fourth-order valence-corrected chi connectivity index (χ4v) is 3.65. The molecule has 0 fully saturated rings. The zero-order chi connectivity index (χ0) is 24.1. The molecule has 4 aromatic carbocycles. The molecule has 3 amide bonds. The Morgan fingerprint density at radius 2 is 1.41 bits per heavy atom. The lowest BCUT2D eigenvalue weighted by Crippen LogP contribution is -2.21. The molecule has 4 aromatic rings. The molecule has 0 atom stereocenters. The first-order valence-electron chi connectivity index (χ1n) is 10.5. The van der Waals surface area contributed by atoms with Crippen LogP contribution in [0.15, 0.2) is 97.1 Å². The van der Waals surface area contributed by atoms with Crippen molar-refractivity contribution < 1.29 is 14.4 Å². The highest BCUT2D eigenvalue weighted by molar-refractivity contribution is 6.35. The average molecular weight is 450 g/mol. The van der Waals surface area contributed by atoms with Crippen LogP contribution in [0.25, 0.3) is 16.3 Å². The minimum atomic E-state index is -0.488. The number of hydrogen-bond donors (Lipinski definition) is 4. The van der Waals surface area contributed by atoms with Gasteiger partial charge in [0.2, 0.25) is 0 Å². The molecule has 0 unspecified atom stereocenters. The van der Waals surface area contributed by atoms with Crippen LogP contribution in [0.4, 0.5) is 17.1 Å². The summed E-state index contributed by atoms with van der Waals surface area (Å²) < 4.78 is 0. The zero-order valence-electron chi connectivity index (χ0n) is 18.1. The summed E-state index contributed by atoms with van der Waals surface area (Å²) >= 11 is 0. The third kappa shape index (κ3) is 4.78. The van der Waals surface area contributed by atoms with E-state index in [0.717, 1.165) is 27.7 Å². The van der Waals surface area contributed by atoms with E-state index in [1.165, 1.54) is 6.08 Å². The van der Waals surface area contributed by atoms with Gasteiger partial charge in [0.25, 0.3) is 17.7 Å². The van der Waals surface area contributed by atoms with Crippen molar-refractivity contribution >= 4 is 51.1 Å². The molecule has 1 heterocycles. The molecule has 7 heteroatoms. The van der Waals surface area contributed by atoms with Crippen molar-refractivity contribution in [2.75, 3.05) is 11.1 Å². The van der Waals surface area contributed by atoms with Gasteiger partial charge in [0.05, 0.1) is 11.1 Å². The van der Waals surface area contributed by atoms with E-state index in [4.69, 9.17) is 11.5 Å². The Morgan fingerprint density at radius 3 is 2.03 bits per heavy atom. The summed E-state index contributed by atoms with van der Waals surface area (Å²) in [6, 6.07) is 28.2. The molecule has 6 N–H and O–H groups in total. The van der Waals surface area contributed by atoms with Crippen LogP contribution in [0.3, 0.4) is 0 Å². The Hall–Kier alpha value is -4.91. The van der Waals surface area contributed by atoms with Gasteiger partial charge in [-0.2, -0.15) is 0 Å². The molecule has 5 rings (SSSR count). The van der Waals surface area contributed by atoms with Crippen LogP contribution in [0.1, 0.15) is 15.9 Å². The quantitative estimate of drug-likeness (QED) is 0.276. The van der Waals surface area contributed by atoms with E-state index in [-0.39, 0.29) is 11.8 Å². The average Bonchev–Trinajstić information content (AvgIpc) is 3.18. The third-order valence-electron chi connectivity index (χ3n) is 5.25. The molecular weight excluding hydrogens is 428 g/mol. The van der Waals surface area contributed by atoms with Crippen LogP contribution >= 0.6 is 0 Å². The number of nitrogens with two attached hydrogens (primary N) is 2. The number of imide groups is 1. The van der Waals surface area contributed by atoms with Gasteiger partial charge in [-0.1, -0.05) is 60.7 Å². The summed E-state index contributed by atoms with van der Waals surface area (Å²) in [5.41, 5.74) is 14.3. The van der Waals surface area contributed by atoms with Gasteiger partial charge in [-0.3, -0.25) is 19.7 Å². The van der Waals surface area contributed by atoms with Crippen molar-refractivity contribution in [3.05, 3.63) is 108 Å². The van der Waals surface area contributed by atoms with Gasteiger partial charge >= 0.3 is 0 Å². The van der Waals surface area contributed by atoms with Crippen molar-refractivity contribution in [2.24, 2.45) is 5.73 Å². The van der Waals surface area contributed by atoms with Gasteiger partial charge in [0, 0.05) is 28.5 Å². The number of benzene rings is 4. The van der Waals surface area contributed by atoms with E-state index in [9.17, 15) is 14.4 Å². The number of hydrogen-bond acceptors (Lipinski definition) is 5. The van der Waals surface area contributed by atoms with Gasteiger partial charge in [0.15, 0.2) is 0 Å². The van der Waals surface area contributed by atoms with Gasteiger partial charge in [-0.15, -0.1) is 0 Å². The van der Waals surface area contributed by atoms with E-state index < -0.39 is 5.91 Å². The monoisotopic (exact) mass is 450 g/mol. The first-order valence-corrected chi connectivity index (χ1v) is 10.5.